The predicted octanol–water partition coefficient (Wildman–Crippen LogP) is -0.469. The van der Waals surface area contributed by atoms with Gasteiger partial charge in [-0.15, -0.1) is 0 Å². The average molecular weight is 246 g/mol. The summed E-state index contributed by atoms with van der Waals surface area (Å²) in [4.78, 5) is 4.08. The number of aromatic nitrogens is 2. The van der Waals surface area contributed by atoms with E-state index in [0.717, 1.165) is 5.82 Å². The van der Waals surface area contributed by atoms with E-state index in [-0.39, 0.29) is 12.3 Å². The molecule has 1 heterocycles. The van der Waals surface area contributed by atoms with Crippen LogP contribution in [0.5, 0.6) is 0 Å². The van der Waals surface area contributed by atoms with Gasteiger partial charge in [0.15, 0.2) is 0 Å². The molecule has 0 atom stereocenters. The molecule has 1 aromatic rings. The lowest BCUT2D eigenvalue weighted by atomic mass is 10.5. The molecule has 0 aliphatic heterocycles. The fourth-order valence-electron chi connectivity index (χ4n) is 1.27. The lowest BCUT2D eigenvalue weighted by Crippen LogP contribution is -2.30. The van der Waals surface area contributed by atoms with Crippen LogP contribution in [0.3, 0.4) is 0 Å². The van der Waals surface area contributed by atoms with Crippen LogP contribution in [0, 0.1) is 0 Å². The molecule has 6 nitrogen and oxygen atoms in total. The summed E-state index contributed by atoms with van der Waals surface area (Å²) >= 11 is 0. The maximum Gasteiger partial charge on any atom is 0.214 e. The van der Waals surface area contributed by atoms with Crippen LogP contribution in [0.15, 0.2) is 12.4 Å². The molecular formula is C9H18N4O2S. The Kier molecular flexibility index (Phi) is 4.45. The van der Waals surface area contributed by atoms with Crippen molar-refractivity contribution in [2.45, 2.75) is 13.0 Å². The summed E-state index contributed by atoms with van der Waals surface area (Å²) in [5.74, 6) is 0.809. The topological polar surface area (TPSA) is 81.2 Å². The molecule has 0 saturated carbocycles. The third-order valence-corrected chi connectivity index (χ3v) is 4.25. The molecule has 16 heavy (non-hydrogen) atoms. The molecule has 0 amide bonds. The molecule has 7 heteroatoms. The van der Waals surface area contributed by atoms with Crippen LogP contribution in [0.4, 0.5) is 0 Å². The Morgan fingerprint density at radius 1 is 1.56 bits per heavy atom. The molecule has 0 fully saturated rings. The van der Waals surface area contributed by atoms with Gasteiger partial charge in [-0.05, 0) is 13.0 Å². The number of hydrogen-bond donors (Lipinski definition) is 1. The van der Waals surface area contributed by atoms with E-state index in [2.05, 4.69) is 4.98 Å². The first-order valence-corrected chi connectivity index (χ1v) is 6.68. The zero-order chi connectivity index (χ0) is 12.2. The minimum atomic E-state index is -3.22. The molecule has 0 aliphatic rings. The first kappa shape index (κ1) is 13.1. The normalized spacial score (nSPS) is 12.2. The van der Waals surface area contributed by atoms with Crippen LogP contribution in [-0.4, -0.2) is 41.6 Å². The third kappa shape index (κ3) is 3.29. The van der Waals surface area contributed by atoms with Crippen molar-refractivity contribution in [3.05, 3.63) is 18.2 Å². The van der Waals surface area contributed by atoms with Crippen molar-refractivity contribution in [2.75, 3.05) is 19.3 Å². The zero-order valence-corrected chi connectivity index (χ0v) is 10.4. The number of nitrogens with two attached hydrogens (primary N) is 1. The molecule has 0 aliphatic carbocycles. The van der Waals surface area contributed by atoms with Gasteiger partial charge in [0.05, 0.1) is 12.3 Å². The fraction of sp³-hybridized carbons (Fsp3) is 0.667. The second kappa shape index (κ2) is 5.42. The highest BCUT2D eigenvalue weighted by atomic mass is 32.2. The quantitative estimate of drug-likeness (QED) is 0.736. The van der Waals surface area contributed by atoms with Gasteiger partial charge >= 0.3 is 0 Å². The summed E-state index contributed by atoms with van der Waals surface area (Å²) in [5, 5.41) is 0. The van der Waals surface area contributed by atoms with Crippen molar-refractivity contribution in [1.82, 2.24) is 13.9 Å². The molecule has 0 unspecified atom stereocenters. The van der Waals surface area contributed by atoms with Crippen LogP contribution >= 0.6 is 0 Å². The van der Waals surface area contributed by atoms with Gasteiger partial charge in [-0.1, -0.05) is 0 Å². The molecule has 2 N–H and O–H groups in total. The zero-order valence-electron chi connectivity index (χ0n) is 9.63. The average Bonchev–Trinajstić information content (AvgIpc) is 2.61. The van der Waals surface area contributed by atoms with Crippen molar-refractivity contribution in [1.29, 1.82) is 0 Å². The number of sulfonamides is 1. The maximum absolute atomic E-state index is 11.8. The van der Waals surface area contributed by atoms with Gasteiger partial charge in [-0.25, -0.2) is 13.4 Å². The summed E-state index contributed by atoms with van der Waals surface area (Å²) in [6, 6.07) is 0. The number of aryl methyl sites for hydroxylation is 1. The Bertz CT molecular complexity index is 426. The highest BCUT2D eigenvalue weighted by molar-refractivity contribution is 7.89. The Morgan fingerprint density at radius 2 is 2.25 bits per heavy atom. The Balaban J connectivity index is 2.65. The number of imidazole rings is 1. The lowest BCUT2D eigenvalue weighted by Gasteiger charge is -2.16. The van der Waals surface area contributed by atoms with Gasteiger partial charge in [-0.2, -0.15) is 4.31 Å². The fourth-order valence-corrected chi connectivity index (χ4v) is 2.42. The van der Waals surface area contributed by atoms with Crippen LogP contribution in [0.2, 0.25) is 0 Å². The maximum atomic E-state index is 11.8. The summed E-state index contributed by atoms with van der Waals surface area (Å²) in [6.07, 6.45) is 3.92. The van der Waals surface area contributed by atoms with E-state index in [1.165, 1.54) is 4.31 Å². The number of rotatable bonds is 6. The van der Waals surface area contributed by atoms with Gasteiger partial charge in [0, 0.05) is 26.5 Å². The Labute approximate surface area is 96.1 Å². The molecule has 92 valence electrons. The summed E-state index contributed by atoms with van der Waals surface area (Å²) < 4.78 is 26.6. The monoisotopic (exact) mass is 246 g/mol. The van der Waals surface area contributed by atoms with Crippen LogP contribution in [0.25, 0.3) is 0 Å². The highest BCUT2D eigenvalue weighted by Gasteiger charge is 2.18. The minimum Gasteiger partial charge on any atom is -0.337 e. The predicted molar refractivity (Wildman–Crippen MR) is 62.1 cm³/mol. The smallest absolute Gasteiger partial charge is 0.214 e. The van der Waals surface area contributed by atoms with Crippen molar-refractivity contribution in [3.63, 3.8) is 0 Å². The van der Waals surface area contributed by atoms with Crippen molar-refractivity contribution >= 4 is 10.0 Å². The largest absolute Gasteiger partial charge is 0.337 e. The molecule has 0 aromatic carbocycles. The molecule has 0 radical (unpaired) electrons. The third-order valence-electron chi connectivity index (χ3n) is 2.37. The number of hydrogen-bond acceptors (Lipinski definition) is 4. The van der Waals surface area contributed by atoms with Crippen LogP contribution in [0.1, 0.15) is 12.2 Å². The molecule has 1 rings (SSSR count). The highest BCUT2D eigenvalue weighted by Crippen LogP contribution is 2.06. The molecule has 1 aromatic heterocycles. The standard InChI is InChI=1S/C9H18N4O2S/c1-12-6-5-11-9(12)8-13(2)16(14,15)7-3-4-10/h5-6H,3-4,7-8,10H2,1-2H3. The minimum absolute atomic E-state index is 0.0877. The van der Waals surface area contributed by atoms with Crippen LogP contribution < -0.4 is 5.73 Å². The van der Waals surface area contributed by atoms with E-state index >= 15 is 0 Å². The van der Waals surface area contributed by atoms with Gasteiger partial charge in [0.2, 0.25) is 10.0 Å². The Hall–Kier alpha value is -0.920. The van der Waals surface area contributed by atoms with Crippen molar-refractivity contribution in [3.8, 4) is 0 Å². The van der Waals surface area contributed by atoms with Gasteiger partial charge in [0.25, 0.3) is 0 Å². The number of nitrogens with zero attached hydrogens (tertiary/aromatic N) is 3. The van der Waals surface area contributed by atoms with E-state index in [9.17, 15) is 8.42 Å². The second-order valence-electron chi connectivity index (χ2n) is 3.67. The molecule has 0 spiro atoms. The molecule has 0 bridgehead atoms. The van der Waals surface area contributed by atoms with E-state index in [1.54, 1.807) is 24.0 Å². The first-order valence-electron chi connectivity index (χ1n) is 5.07. The Morgan fingerprint density at radius 3 is 2.75 bits per heavy atom. The van der Waals surface area contributed by atoms with E-state index in [0.29, 0.717) is 13.0 Å². The van der Waals surface area contributed by atoms with Crippen LogP contribution in [-0.2, 0) is 23.6 Å². The van der Waals surface area contributed by atoms with Crippen molar-refractivity contribution in [2.24, 2.45) is 12.8 Å². The van der Waals surface area contributed by atoms with Gasteiger partial charge < -0.3 is 10.3 Å². The first-order chi connectivity index (χ1) is 7.47. The van der Waals surface area contributed by atoms with E-state index < -0.39 is 10.0 Å². The summed E-state index contributed by atoms with van der Waals surface area (Å²) in [5.41, 5.74) is 5.30. The van der Waals surface area contributed by atoms with E-state index in [1.807, 2.05) is 7.05 Å². The molecular weight excluding hydrogens is 228 g/mol. The lowest BCUT2D eigenvalue weighted by molar-refractivity contribution is 0.450. The van der Waals surface area contributed by atoms with Gasteiger partial charge in [-0.3, -0.25) is 0 Å². The SMILES string of the molecule is CN(Cc1nccn1C)S(=O)(=O)CCCN. The summed E-state index contributed by atoms with van der Waals surface area (Å²) in [6.45, 7) is 0.672. The van der Waals surface area contributed by atoms with E-state index in [4.69, 9.17) is 5.73 Å². The second-order valence-corrected chi connectivity index (χ2v) is 5.86. The van der Waals surface area contributed by atoms with Crippen molar-refractivity contribution < 1.29 is 8.42 Å². The molecule has 0 saturated heterocycles. The van der Waals surface area contributed by atoms with Gasteiger partial charge in [0.1, 0.15) is 5.82 Å². The summed E-state index contributed by atoms with van der Waals surface area (Å²) in [7, 11) is 0.177.